The van der Waals surface area contributed by atoms with Gasteiger partial charge in [-0.3, -0.25) is 14.5 Å². The SMILES string of the molecule is Br.CCCOc1ccc(CN2CCN(C(=O)c3cc4ccc(Oc5ccc(NC(=O)c6ccc(C(F)(F)F)cc6)cn5)cc4n3C)CC2)cc1. The molecule has 1 aliphatic heterocycles. The van der Waals surface area contributed by atoms with Gasteiger partial charge in [0.1, 0.15) is 17.2 Å². The number of amides is 2. The second-order valence-electron chi connectivity index (χ2n) is 11.9. The van der Waals surface area contributed by atoms with Crippen molar-refractivity contribution in [2.75, 3.05) is 38.1 Å². The number of nitrogens with zero attached hydrogens (tertiary/aromatic N) is 4. The number of fused-ring (bicyclic) bond motifs is 1. The number of aromatic nitrogens is 2. The number of benzene rings is 3. The number of anilines is 1. The van der Waals surface area contributed by atoms with Gasteiger partial charge in [-0.1, -0.05) is 19.1 Å². The Labute approximate surface area is 298 Å². The molecular formula is C37H37BrF3N5O4. The van der Waals surface area contributed by atoms with Crippen molar-refractivity contribution < 1.29 is 32.2 Å². The van der Waals surface area contributed by atoms with Gasteiger partial charge in [0.2, 0.25) is 5.88 Å². The molecule has 1 N–H and O–H groups in total. The highest BCUT2D eigenvalue weighted by Crippen LogP contribution is 2.30. The van der Waals surface area contributed by atoms with Crippen molar-refractivity contribution in [3.63, 3.8) is 0 Å². The summed E-state index contributed by atoms with van der Waals surface area (Å²) in [6.45, 7) is 6.46. The summed E-state index contributed by atoms with van der Waals surface area (Å²) in [7, 11) is 1.86. The van der Waals surface area contributed by atoms with Crippen LogP contribution in [0.2, 0.25) is 0 Å². The van der Waals surface area contributed by atoms with Crippen LogP contribution in [0, 0.1) is 0 Å². The van der Waals surface area contributed by atoms with E-state index < -0.39 is 17.6 Å². The highest BCUT2D eigenvalue weighted by atomic mass is 79.9. The van der Waals surface area contributed by atoms with Crippen LogP contribution in [0.15, 0.2) is 91.1 Å². The van der Waals surface area contributed by atoms with Crippen LogP contribution in [0.4, 0.5) is 18.9 Å². The first-order valence-corrected chi connectivity index (χ1v) is 16.0. The molecule has 50 heavy (non-hydrogen) atoms. The van der Waals surface area contributed by atoms with Crippen molar-refractivity contribution in [2.24, 2.45) is 7.05 Å². The minimum absolute atomic E-state index is 0. The van der Waals surface area contributed by atoms with Crippen LogP contribution in [0.1, 0.15) is 45.3 Å². The number of hydrogen-bond acceptors (Lipinski definition) is 6. The molecule has 13 heteroatoms. The largest absolute Gasteiger partial charge is 0.494 e. The van der Waals surface area contributed by atoms with E-state index in [2.05, 4.69) is 34.3 Å². The summed E-state index contributed by atoms with van der Waals surface area (Å²) in [5.41, 5.74) is 2.24. The number of carbonyl (C=O) groups excluding carboxylic acids is 2. The van der Waals surface area contributed by atoms with Crippen molar-refractivity contribution in [1.82, 2.24) is 19.4 Å². The summed E-state index contributed by atoms with van der Waals surface area (Å²) < 4.78 is 51.9. The quantitative estimate of drug-likeness (QED) is 0.156. The minimum atomic E-state index is -4.48. The Morgan fingerprint density at radius 3 is 2.22 bits per heavy atom. The molecule has 6 rings (SSSR count). The van der Waals surface area contributed by atoms with Crippen molar-refractivity contribution in [3.8, 4) is 17.4 Å². The van der Waals surface area contributed by atoms with E-state index in [1.165, 1.54) is 11.8 Å². The van der Waals surface area contributed by atoms with Crippen molar-refractivity contribution >= 4 is 45.4 Å². The Hall–Kier alpha value is -4.88. The number of halogens is 4. The van der Waals surface area contributed by atoms with E-state index in [0.717, 1.165) is 67.0 Å². The Kier molecular flexibility index (Phi) is 11.5. The van der Waals surface area contributed by atoms with E-state index in [1.54, 1.807) is 18.2 Å². The summed E-state index contributed by atoms with van der Waals surface area (Å²) in [5.74, 6) is 1.08. The van der Waals surface area contributed by atoms with E-state index in [1.807, 2.05) is 46.8 Å². The normalized spacial score (nSPS) is 13.5. The lowest BCUT2D eigenvalue weighted by molar-refractivity contribution is -0.137. The van der Waals surface area contributed by atoms with Crippen LogP contribution < -0.4 is 14.8 Å². The smallest absolute Gasteiger partial charge is 0.416 e. The third kappa shape index (κ3) is 8.64. The van der Waals surface area contributed by atoms with Gasteiger partial charge in [0.25, 0.3) is 11.8 Å². The first kappa shape index (κ1) is 36.4. The van der Waals surface area contributed by atoms with Gasteiger partial charge in [-0.15, -0.1) is 17.0 Å². The van der Waals surface area contributed by atoms with Crippen molar-refractivity contribution in [3.05, 3.63) is 114 Å². The molecule has 3 aromatic carbocycles. The van der Waals surface area contributed by atoms with Gasteiger partial charge in [-0.05, 0) is 72.6 Å². The van der Waals surface area contributed by atoms with Crippen LogP contribution in [-0.4, -0.2) is 64.0 Å². The summed E-state index contributed by atoms with van der Waals surface area (Å²) in [5, 5.41) is 3.52. The Bertz CT molecular complexity index is 1920. The predicted molar refractivity (Wildman–Crippen MR) is 190 cm³/mol. The number of piperazine rings is 1. The van der Waals surface area contributed by atoms with Gasteiger partial charge in [0.15, 0.2) is 0 Å². The maximum absolute atomic E-state index is 13.6. The topological polar surface area (TPSA) is 88.9 Å². The van der Waals surface area contributed by atoms with Crippen LogP contribution in [0.5, 0.6) is 17.4 Å². The summed E-state index contributed by atoms with van der Waals surface area (Å²) in [6.07, 6.45) is -2.11. The van der Waals surface area contributed by atoms with Crippen LogP contribution >= 0.6 is 17.0 Å². The fraction of sp³-hybridized carbons (Fsp3) is 0.270. The maximum atomic E-state index is 13.6. The number of rotatable bonds is 10. The number of alkyl halides is 3. The van der Waals surface area contributed by atoms with E-state index in [9.17, 15) is 22.8 Å². The number of carbonyl (C=O) groups is 2. The van der Waals surface area contributed by atoms with Gasteiger partial charge < -0.3 is 24.3 Å². The average Bonchev–Trinajstić information content (AvgIpc) is 3.43. The lowest BCUT2D eigenvalue weighted by atomic mass is 10.1. The van der Waals surface area contributed by atoms with Crippen LogP contribution in [0.25, 0.3) is 10.9 Å². The average molecular weight is 753 g/mol. The summed E-state index contributed by atoms with van der Waals surface area (Å²) >= 11 is 0. The van der Waals surface area contributed by atoms with E-state index in [4.69, 9.17) is 9.47 Å². The molecule has 5 aromatic rings. The van der Waals surface area contributed by atoms with Gasteiger partial charge >= 0.3 is 6.18 Å². The molecule has 0 atom stereocenters. The molecule has 2 aromatic heterocycles. The second kappa shape index (κ2) is 15.8. The number of ether oxygens (including phenoxy) is 2. The standard InChI is InChI=1S/C37H36F3N5O4.BrH/c1-3-20-48-30-12-4-25(5-13-30)24-44-16-18-45(19-17-44)36(47)33-21-27-8-14-31(22-32(27)43(33)2)49-34-15-11-29(23-41-34)42-35(46)26-6-9-28(10-7-26)37(38,39)40;/h4-15,21-23H,3,16-20,24H2,1-2H3,(H,42,46);1H. The second-order valence-corrected chi connectivity index (χ2v) is 11.9. The molecule has 0 unspecified atom stereocenters. The summed E-state index contributed by atoms with van der Waals surface area (Å²) in [4.78, 5) is 34.5. The third-order valence-corrected chi connectivity index (χ3v) is 8.39. The maximum Gasteiger partial charge on any atom is 0.416 e. The zero-order chi connectivity index (χ0) is 34.5. The third-order valence-electron chi connectivity index (χ3n) is 8.39. The molecule has 1 fully saturated rings. The monoisotopic (exact) mass is 751 g/mol. The first-order valence-electron chi connectivity index (χ1n) is 16.0. The molecule has 3 heterocycles. The van der Waals surface area contributed by atoms with E-state index in [-0.39, 0.29) is 34.3 Å². The molecular weight excluding hydrogens is 715 g/mol. The van der Waals surface area contributed by atoms with Crippen molar-refractivity contribution in [2.45, 2.75) is 26.1 Å². The van der Waals surface area contributed by atoms with Gasteiger partial charge in [-0.25, -0.2) is 4.98 Å². The lowest BCUT2D eigenvalue weighted by Gasteiger charge is -2.34. The van der Waals surface area contributed by atoms with E-state index >= 15 is 0 Å². The van der Waals surface area contributed by atoms with Crippen LogP contribution in [-0.2, 0) is 19.8 Å². The highest BCUT2D eigenvalue weighted by molar-refractivity contribution is 8.93. The molecule has 262 valence electrons. The number of pyridine rings is 1. The molecule has 0 spiro atoms. The number of aryl methyl sites for hydroxylation is 1. The lowest BCUT2D eigenvalue weighted by Crippen LogP contribution is -2.48. The Balaban J connectivity index is 0.00000486. The zero-order valence-corrected chi connectivity index (χ0v) is 29.3. The first-order chi connectivity index (χ1) is 23.6. The Morgan fingerprint density at radius 1 is 0.880 bits per heavy atom. The molecule has 0 bridgehead atoms. The molecule has 0 saturated carbocycles. The highest BCUT2D eigenvalue weighted by Gasteiger charge is 2.30. The van der Waals surface area contributed by atoms with Gasteiger partial charge in [0.05, 0.1) is 29.6 Å². The molecule has 0 aliphatic carbocycles. The van der Waals surface area contributed by atoms with Gasteiger partial charge in [0, 0.05) is 62.9 Å². The fourth-order valence-corrected chi connectivity index (χ4v) is 5.67. The molecule has 2 amide bonds. The van der Waals surface area contributed by atoms with Crippen molar-refractivity contribution in [1.29, 1.82) is 0 Å². The van der Waals surface area contributed by atoms with Crippen LogP contribution in [0.3, 0.4) is 0 Å². The molecule has 0 radical (unpaired) electrons. The summed E-state index contributed by atoms with van der Waals surface area (Å²) in [6, 6.07) is 22.7. The van der Waals surface area contributed by atoms with E-state index in [0.29, 0.717) is 36.8 Å². The predicted octanol–water partition coefficient (Wildman–Crippen LogP) is 7.96. The Morgan fingerprint density at radius 2 is 1.58 bits per heavy atom. The van der Waals surface area contributed by atoms with Gasteiger partial charge in [-0.2, -0.15) is 13.2 Å². The minimum Gasteiger partial charge on any atom is -0.494 e. The fourth-order valence-electron chi connectivity index (χ4n) is 5.67. The number of hydrogen-bond donors (Lipinski definition) is 1. The molecule has 1 saturated heterocycles. The molecule has 1 aliphatic rings. The molecule has 9 nitrogen and oxygen atoms in total. The zero-order valence-electron chi connectivity index (χ0n) is 27.6. The number of nitrogens with one attached hydrogen (secondary N) is 1.